The number of hydrogen-bond acceptors (Lipinski definition) is 8. The van der Waals surface area contributed by atoms with Gasteiger partial charge in [-0.25, -0.2) is 8.42 Å². The molecule has 2 amide bonds. The summed E-state index contributed by atoms with van der Waals surface area (Å²) >= 11 is 1.08. The van der Waals surface area contributed by atoms with E-state index in [2.05, 4.69) is 25.6 Å². The maximum atomic E-state index is 12.5. The predicted molar refractivity (Wildman–Crippen MR) is 137 cm³/mol. The third-order valence-corrected chi connectivity index (χ3v) is 6.88. The number of amides is 2. The fraction of sp³-hybridized carbons (Fsp3) is 0.0833. The Balaban J connectivity index is 1.31. The lowest BCUT2D eigenvalue weighted by atomic mass is 10.2. The van der Waals surface area contributed by atoms with Crippen molar-refractivity contribution in [2.24, 2.45) is 0 Å². The molecule has 184 valence electrons. The van der Waals surface area contributed by atoms with Crippen LogP contribution in [0.2, 0.25) is 0 Å². The number of hydrogen-bond donors (Lipinski definition) is 3. The largest absolute Gasteiger partial charge is 0.411 e. The molecular formula is C24H21N5O5S2. The smallest absolute Gasteiger partial charge is 0.277 e. The van der Waals surface area contributed by atoms with Crippen molar-refractivity contribution in [3.63, 3.8) is 0 Å². The predicted octanol–water partition coefficient (Wildman–Crippen LogP) is 4.23. The highest BCUT2D eigenvalue weighted by Crippen LogP contribution is 2.25. The molecule has 0 radical (unpaired) electrons. The lowest BCUT2D eigenvalue weighted by Gasteiger charge is -2.08. The van der Waals surface area contributed by atoms with Crippen LogP contribution in [0.4, 0.5) is 17.1 Å². The highest BCUT2D eigenvalue weighted by Gasteiger charge is 2.15. The molecule has 10 nitrogen and oxygen atoms in total. The molecule has 4 rings (SSSR count). The van der Waals surface area contributed by atoms with Gasteiger partial charge in [-0.2, -0.15) is 0 Å². The number of aromatic nitrogens is 2. The molecule has 3 aromatic carbocycles. The van der Waals surface area contributed by atoms with E-state index in [-0.39, 0.29) is 33.6 Å². The molecule has 0 aliphatic heterocycles. The van der Waals surface area contributed by atoms with E-state index in [0.717, 1.165) is 11.8 Å². The van der Waals surface area contributed by atoms with Crippen molar-refractivity contribution in [2.75, 3.05) is 21.1 Å². The Morgan fingerprint density at radius 2 is 1.44 bits per heavy atom. The first-order valence-electron chi connectivity index (χ1n) is 10.6. The molecule has 0 saturated carbocycles. The fourth-order valence-corrected chi connectivity index (χ4v) is 4.69. The molecule has 0 aliphatic rings. The highest BCUT2D eigenvalue weighted by atomic mass is 32.2. The van der Waals surface area contributed by atoms with Crippen LogP contribution in [0.15, 0.2) is 93.4 Å². The Hall–Kier alpha value is -4.16. The van der Waals surface area contributed by atoms with Crippen molar-refractivity contribution >= 4 is 50.7 Å². The second kappa shape index (κ2) is 11.1. The van der Waals surface area contributed by atoms with E-state index in [1.165, 1.54) is 19.1 Å². The molecule has 12 heteroatoms. The summed E-state index contributed by atoms with van der Waals surface area (Å²) in [6, 6.07) is 21.3. The van der Waals surface area contributed by atoms with Crippen LogP contribution in [-0.4, -0.2) is 36.2 Å². The zero-order valence-corrected chi connectivity index (χ0v) is 20.6. The molecule has 0 fully saturated rings. The average molecular weight is 524 g/mol. The average Bonchev–Trinajstić information content (AvgIpc) is 3.34. The number of carbonyl (C=O) groups excluding carboxylic acids is 2. The molecule has 0 atom stereocenters. The van der Waals surface area contributed by atoms with Crippen LogP contribution >= 0.6 is 11.8 Å². The summed E-state index contributed by atoms with van der Waals surface area (Å²) in [5, 5.41) is 13.6. The Morgan fingerprint density at radius 1 is 0.833 bits per heavy atom. The Kier molecular flexibility index (Phi) is 7.66. The van der Waals surface area contributed by atoms with E-state index in [9.17, 15) is 18.0 Å². The zero-order valence-electron chi connectivity index (χ0n) is 19.0. The highest BCUT2D eigenvalue weighted by molar-refractivity contribution is 7.99. The number of carbonyl (C=O) groups is 2. The van der Waals surface area contributed by atoms with Crippen molar-refractivity contribution in [3.8, 4) is 11.5 Å². The van der Waals surface area contributed by atoms with Crippen LogP contribution in [0, 0.1) is 0 Å². The van der Waals surface area contributed by atoms with E-state index in [0.29, 0.717) is 22.6 Å². The summed E-state index contributed by atoms with van der Waals surface area (Å²) in [7, 11) is -3.69. The minimum atomic E-state index is -3.69. The first kappa shape index (κ1) is 24.9. The normalized spacial score (nSPS) is 11.0. The third kappa shape index (κ3) is 6.71. The van der Waals surface area contributed by atoms with Crippen LogP contribution in [-0.2, 0) is 19.6 Å². The number of benzene rings is 3. The van der Waals surface area contributed by atoms with Gasteiger partial charge in [-0.05, 0) is 60.7 Å². The van der Waals surface area contributed by atoms with Crippen molar-refractivity contribution in [1.82, 2.24) is 10.2 Å². The van der Waals surface area contributed by atoms with Gasteiger partial charge in [0, 0.05) is 29.5 Å². The first-order valence-corrected chi connectivity index (χ1v) is 13.1. The standard InChI is InChI=1S/C24H21N5O5S2/c1-16(30)25-18-11-13-19(14-12-18)26-22(31)15-35-24-28-27-23(34-24)17-7-9-20(10-8-17)29-36(32,33)21-5-3-2-4-6-21/h2-14,29H,15H2,1H3,(H,25,30)(H,26,31). The summed E-state index contributed by atoms with van der Waals surface area (Å²) in [6.45, 7) is 1.42. The summed E-state index contributed by atoms with van der Waals surface area (Å²) < 4.78 is 33.0. The number of nitrogens with one attached hydrogen (secondary N) is 3. The second-order valence-electron chi connectivity index (χ2n) is 7.46. The van der Waals surface area contributed by atoms with Crippen LogP contribution in [0.5, 0.6) is 0 Å². The van der Waals surface area contributed by atoms with Gasteiger partial charge in [-0.3, -0.25) is 14.3 Å². The van der Waals surface area contributed by atoms with E-state index in [1.807, 2.05) is 0 Å². The van der Waals surface area contributed by atoms with Gasteiger partial charge in [0.25, 0.3) is 15.2 Å². The molecule has 3 N–H and O–H groups in total. The summed E-state index contributed by atoms with van der Waals surface area (Å²) in [5.41, 5.74) is 2.21. The molecule has 0 unspecified atom stereocenters. The SMILES string of the molecule is CC(=O)Nc1ccc(NC(=O)CSc2nnc(-c3ccc(NS(=O)(=O)c4ccccc4)cc3)o2)cc1. The van der Waals surface area contributed by atoms with Gasteiger partial charge in [-0.1, -0.05) is 30.0 Å². The molecule has 36 heavy (non-hydrogen) atoms. The monoisotopic (exact) mass is 523 g/mol. The quantitative estimate of drug-likeness (QED) is 0.277. The van der Waals surface area contributed by atoms with Crippen LogP contribution in [0.25, 0.3) is 11.5 Å². The molecule has 0 bridgehead atoms. The van der Waals surface area contributed by atoms with E-state index in [1.54, 1.807) is 66.7 Å². The maximum Gasteiger partial charge on any atom is 0.277 e. The molecule has 4 aromatic rings. The summed E-state index contributed by atoms with van der Waals surface area (Å²) in [4.78, 5) is 23.5. The number of thioether (sulfide) groups is 1. The molecule has 1 aromatic heterocycles. The van der Waals surface area contributed by atoms with Crippen LogP contribution in [0.3, 0.4) is 0 Å². The molecular weight excluding hydrogens is 502 g/mol. The zero-order chi connectivity index (χ0) is 25.5. The van der Waals surface area contributed by atoms with Crippen LogP contribution in [0.1, 0.15) is 6.92 Å². The van der Waals surface area contributed by atoms with Gasteiger partial charge < -0.3 is 15.1 Å². The van der Waals surface area contributed by atoms with E-state index >= 15 is 0 Å². The summed E-state index contributed by atoms with van der Waals surface area (Å²) in [6.07, 6.45) is 0. The number of sulfonamides is 1. The third-order valence-electron chi connectivity index (χ3n) is 4.66. The maximum absolute atomic E-state index is 12.5. The minimum Gasteiger partial charge on any atom is -0.411 e. The van der Waals surface area contributed by atoms with Gasteiger partial charge in [0.15, 0.2) is 0 Å². The lowest BCUT2D eigenvalue weighted by Crippen LogP contribution is -2.14. The van der Waals surface area contributed by atoms with Crippen molar-refractivity contribution in [1.29, 1.82) is 0 Å². The van der Waals surface area contributed by atoms with E-state index < -0.39 is 10.0 Å². The lowest BCUT2D eigenvalue weighted by molar-refractivity contribution is -0.114. The number of rotatable bonds is 9. The Labute approximate surface area is 211 Å². The Morgan fingerprint density at radius 3 is 2.08 bits per heavy atom. The Bertz CT molecular complexity index is 1460. The fourth-order valence-electron chi connectivity index (χ4n) is 3.04. The second-order valence-corrected chi connectivity index (χ2v) is 10.1. The van der Waals surface area contributed by atoms with Gasteiger partial charge in [0.2, 0.25) is 17.7 Å². The van der Waals surface area contributed by atoms with Crippen molar-refractivity contribution in [2.45, 2.75) is 17.0 Å². The molecule has 0 saturated heterocycles. The molecule has 0 aliphatic carbocycles. The van der Waals surface area contributed by atoms with Gasteiger partial charge >= 0.3 is 0 Å². The molecule has 0 spiro atoms. The number of anilines is 3. The minimum absolute atomic E-state index is 0.0509. The van der Waals surface area contributed by atoms with Gasteiger partial charge in [0.05, 0.1) is 10.6 Å². The van der Waals surface area contributed by atoms with Gasteiger partial charge in [0.1, 0.15) is 0 Å². The van der Waals surface area contributed by atoms with Gasteiger partial charge in [-0.15, -0.1) is 10.2 Å². The number of nitrogens with zero attached hydrogens (tertiary/aromatic N) is 2. The van der Waals surface area contributed by atoms with Crippen molar-refractivity contribution < 1.29 is 22.4 Å². The summed E-state index contributed by atoms with van der Waals surface area (Å²) in [5.74, 6) is -0.147. The first-order chi connectivity index (χ1) is 17.3. The topological polar surface area (TPSA) is 143 Å². The molecule has 1 heterocycles. The van der Waals surface area contributed by atoms with Crippen LogP contribution < -0.4 is 15.4 Å². The van der Waals surface area contributed by atoms with E-state index in [4.69, 9.17) is 4.42 Å². The van der Waals surface area contributed by atoms with Crippen molar-refractivity contribution in [3.05, 3.63) is 78.9 Å².